The minimum Gasteiger partial charge on any atom is -0.489 e. The quantitative estimate of drug-likeness (QED) is 0.621. The van der Waals surface area contributed by atoms with Crippen LogP contribution in [0.4, 0.5) is 0 Å². The molecule has 1 aromatic rings. The highest BCUT2D eigenvalue weighted by Gasteiger charge is 2.21. The van der Waals surface area contributed by atoms with E-state index in [1.165, 1.54) is 12.1 Å². The summed E-state index contributed by atoms with van der Waals surface area (Å²) in [6, 6.07) is 5.07. The van der Waals surface area contributed by atoms with E-state index in [2.05, 4.69) is 11.9 Å². The normalized spacial score (nSPS) is 11.4. The van der Waals surface area contributed by atoms with Crippen LogP contribution in [0.25, 0.3) is 0 Å². The van der Waals surface area contributed by atoms with Gasteiger partial charge in [0, 0.05) is 0 Å². The van der Waals surface area contributed by atoms with E-state index < -0.39 is 24.5 Å². The first-order valence-electron chi connectivity index (χ1n) is 5.57. The van der Waals surface area contributed by atoms with Gasteiger partial charge < -0.3 is 20.3 Å². The highest BCUT2D eigenvalue weighted by Crippen LogP contribution is 2.17. The molecule has 0 spiro atoms. The van der Waals surface area contributed by atoms with Crippen LogP contribution >= 0.6 is 0 Å². The summed E-state index contributed by atoms with van der Waals surface area (Å²) in [5.41, 5.74) is 0.198. The third-order valence-electron chi connectivity index (χ3n) is 2.27. The number of benzene rings is 1. The van der Waals surface area contributed by atoms with Crippen molar-refractivity contribution in [2.24, 2.45) is 0 Å². The third-order valence-corrected chi connectivity index (χ3v) is 2.27. The van der Waals surface area contributed by atoms with Crippen molar-refractivity contribution in [3.8, 4) is 5.75 Å². The number of aliphatic carboxylic acids is 1. The lowest BCUT2D eigenvalue weighted by atomic mass is 10.1. The number of carboxylic acid groups (broad SMARTS) is 1. The van der Waals surface area contributed by atoms with E-state index in [0.717, 1.165) is 0 Å². The standard InChI is InChI=1S/C13H15NO5/c1-2-7-19-11-6-4-3-5-9(11)12(16)14-10(8-15)13(17)18/h2-6,10,15H,1,7-8H2,(H,14,16)(H,17,18)/t10-/m1/s1. The number of carboxylic acids is 1. The molecule has 1 atom stereocenters. The topological polar surface area (TPSA) is 95.9 Å². The van der Waals surface area contributed by atoms with Crippen molar-refractivity contribution >= 4 is 11.9 Å². The number of hydrogen-bond acceptors (Lipinski definition) is 4. The first kappa shape index (κ1) is 14.7. The van der Waals surface area contributed by atoms with Crippen LogP contribution in [0.5, 0.6) is 5.75 Å². The van der Waals surface area contributed by atoms with Crippen LogP contribution in [-0.2, 0) is 4.79 Å². The number of carbonyl (C=O) groups is 2. The lowest BCUT2D eigenvalue weighted by Gasteiger charge is -2.14. The molecule has 1 aromatic carbocycles. The number of para-hydroxylation sites is 1. The number of nitrogens with one attached hydrogen (secondary N) is 1. The Bertz CT molecular complexity index is 472. The Hall–Kier alpha value is -2.34. The van der Waals surface area contributed by atoms with Gasteiger partial charge in [0.15, 0.2) is 6.04 Å². The molecule has 0 aliphatic heterocycles. The van der Waals surface area contributed by atoms with E-state index in [9.17, 15) is 9.59 Å². The highest BCUT2D eigenvalue weighted by molar-refractivity contribution is 5.98. The Morgan fingerprint density at radius 3 is 2.68 bits per heavy atom. The smallest absolute Gasteiger partial charge is 0.328 e. The summed E-state index contributed by atoms with van der Waals surface area (Å²) in [6.07, 6.45) is 1.53. The summed E-state index contributed by atoms with van der Waals surface area (Å²) in [5.74, 6) is -1.61. The molecule has 0 aliphatic rings. The van der Waals surface area contributed by atoms with Crippen molar-refractivity contribution in [1.29, 1.82) is 0 Å². The van der Waals surface area contributed by atoms with Crippen LogP contribution in [-0.4, -0.2) is 41.3 Å². The number of aliphatic hydroxyl groups excluding tert-OH is 1. The number of amides is 1. The van der Waals surface area contributed by atoms with Crippen LogP contribution in [0.2, 0.25) is 0 Å². The molecule has 1 rings (SSSR count). The molecule has 0 saturated carbocycles. The second-order valence-corrected chi connectivity index (χ2v) is 3.64. The van der Waals surface area contributed by atoms with Crippen LogP contribution < -0.4 is 10.1 Å². The summed E-state index contributed by atoms with van der Waals surface area (Å²) >= 11 is 0. The highest BCUT2D eigenvalue weighted by atomic mass is 16.5. The Morgan fingerprint density at radius 1 is 1.42 bits per heavy atom. The fourth-order valence-corrected chi connectivity index (χ4v) is 1.35. The number of hydrogen-bond donors (Lipinski definition) is 3. The molecule has 1 amide bonds. The van der Waals surface area contributed by atoms with Gasteiger partial charge in [0.1, 0.15) is 12.4 Å². The van der Waals surface area contributed by atoms with E-state index in [0.29, 0.717) is 5.75 Å². The second kappa shape index (κ2) is 7.17. The third kappa shape index (κ3) is 4.11. The SMILES string of the molecule is C=CCOc1ccccc1C(=O)N[C@H](CO)C(=O)O. The Balaban J connectivity index is 2.86. The number of aliphatic hydroxyl groups is 1. The fraction of sp³-hybridized carbons (Fsp3) is 0.231. The predicted molar refractivity (Wildman–Crippen MR) is 68.1 cm³/mol. The Kier molecular flexibility index (Phi) is 5.56. The maximum atomic E-state index is 11.9. The molecule has 19 heavy (non-hydrogen) atoms. The molecular weight excluding hydrogens is 250 g/mol. The molecule has 0 saturated heterocycles. The summed E-state index contributed by atoms with van der Waals surface area (Å²) < 4.78 is 5.29. The molecule has 0 unspecified atom stereocenters. The molecule has 0 heterocycles. The molecule has 0 radical (unpaired) electrons. The van der Waals surface area contributed by atoms with Crippen molar-refractivity contribution in [2.45, 2.75) is 6.04 Å². The zero-order chi connectivity index (χ0) is 14.3. The summed E-state index contributed by atoms with van der Waals surface area (Å²) in [4.78, 5) is 22.6. The van der Waals surface area contributed by atoms with E-state index in [-0.39, 0.29) is 12.2 Å². The van der Waals surface area contributed by atoms with Crippen LogP contribution in [0.1, 0.15) is 10.4 Å². The Morgan fingerprint density at radius 2 is 2.11 bits per heavy atom. The number of ether oxygens (including phenoxy) is 1. The minimum absolute atomic E-state index is 0.198. The predicted octanol–water partition coefficient (Wildman–Crippen LogP) is 0.427. The van der Waals surface area contributed by atoms with Gasteiger partial charge >= 0.3 is 5.97 Å². The molecule has 102 valence electrons. The van der Waals surface area contributed by atoms with Gasteiger partial charge in [0.2, 0.25) is 0 Å². The zero-order valence-corrected chi connectivity index (χ0v) is 10.2. The summed E-state index contributed by atoms with van der Waals surface area (Å²) in [5, 5.41) is 19.8. The minimum atomic E-state index is -1.35. The largest absolute Gasteiger partial charge is 0.489 e. The van der Waals surface area contributed by atoms with Crippen LogP contribution in [0.15, 0.2) is 36.9 Å². The fourth-order valence-electron chi connectivity index (χ4n) is 1.35. The first-order valence-corrected chi connectivity index (χ1v) is 5.57. The van der Waals surface area contributed by atoms with E-state index in [4.69, 9.17) is 14.9 Å². The van der Waals surface area contributed by atoms with Crippen LogP contribution in [0.3, 0.4) is 0 Å². The van der Waals surface area contributed by atoms with Gasteiger partial charge in [0.05, 0.1) is 12.2 Å². The maximum Gasteiger partial charge on any atom is 0.328 e. The van der Waals surface area contributed by atoms with Crippen molar-refractivity contribution < 1.29 is 24.5 Å². The molecule has 0 bridgehead atoms. The molecular formula is C13H15NO5. The van der Waals surface area contributed by atoms with Gasteiger partial charge in [-0.3, -0.25) is 4.79 Å². The average Bonchev–Trinajstić information content (AvgIpc) is 2.42. The van der Waals surface area contributed by atoms with Crippen LogP contribution in [0, 0.1) is 0 Å². The monoisotopic (exact) mass is 265 g/mol. The molecule has 6 nitrogen and oxygen atoms in total. The maximum absolute atomic E-state index is 11.9. The molecule has 0 aromatic heterocycles. The van der Waals surface area contributed by atoms with Gasteiger partial charge in [-0.1, -0.05) is 24.8 Å². The molecule has 3 N–H and O–H groups in total. The van der Waals surface area contributed by atoms with Crippen molar-refractivity contribution in [3.63, 3.8) is 0 Å². The summed E-state index contributed by atoms with van der Waals surface area (Å²) in [6.45, 7) is 3.04. The van der Waals surface area contributed by atoms with E-state index in [1.807, 2.05) is 0 Å². The van der Waals surface area contributed by atoms with E-state index >= 15 is 0 Å². The van der Waals surface area contributed by atoms with Gasteiger partial charge in [-0.15, -0.1) is 0 Å². The van der Waals surface area contributed by atoms with Crippen molar-refractivity contribution in [2.75, 3.05) is 13.2 Å². The zero-order valence-electron chi connectivity index (χ0n) is 10.2. The molecule has 0 fully saturated rings. The lowest BCUT2D eigenvalue weighted by molar-refractivity contribution is -0.140. The second-order valence-electron chi connectivity index (χ2n) is 3.64. The summed E-state index contributed by atoms with van der Waals surface area (Å²) in [7, 11) is 0. The average molecular weight is 265 g/mol. The number of carbonyl (C=O) groups excluding carboxylic acids is 1. The van der Waals surface area contributed by atoms with E-state index in [1.54, 1.807) is 18.2 Å². The first-order chi connectivity index (χ1) is 9.10. The van der Waals surface area contributed by atoms with Crippen molar-refractivity contribution in [1.82, 2.24) is 5.32 Å². The van der Waals surface area contributed by atoms with Gasteiger partial charge in [-0.05, 0) is 12.1 Å². The molecule has 6 heteroatoms. The van der Waals surface area contributed by atoms with Gasteiger partial charge in [-0.2, -0.15) is 0 Å². The number of rotatable bonds is 7. The van der Waals surface area contributed by atoms with Crippen molar-refractivity contribution in [3.05, 3.63) is 42.5 Å². The lowest BCUT2D eigenvalue weighted by Crippen LogP contribution is -2.43. The molecule has 0 aliphatic carbocycles. The van der Waals surface area contributed by atoms with Gasteiger partial charge in [-0.25, -0.2) is 4.79 Å². The Labute approximate surface area is 110 Å². The van der Waals surface area contributed by atoms with Gasteiger partial charge in [0.25, 0.3) is 5.91 Å².